The molecule has 2 aromatic rings. The average Bonchev–Trinajstić information content (AvgIpc) is 2.75. The van der Waals surface area contributed by atoms with E-state index in [9.17, 15) is 0 Å². The van der Waals surface area contributed by atoms with Gasteiger partial charge < -0.3 is 16.0 Å². The molecule has 0 saturated heterocycles. The number of aromatic nitrogens is 4. The average molecular weight is 266 g/mol. The molecule has 0 spiro atoms. The summed E-state index contributed by atoms with van der Waals surface area (Å²) in [6, 6.07) is 1.51. The third-order valence-electron chi connectivity index (χ3n) is 2.18. The minimum absolute atomic E-state index is 0.0565. The van der Waals surface area contributed by atoms with E-state index >= 15 is 0 Å². The second-order valence-electron chi connectivity index (χ2n) is 3.66. The van der Waals surface area contributed by atoms with Crippen molar-refractivity contribution in [2.45, 2.75) is 30.7 Å². The largest absolute Gasteiger partial charge is 0.383 e. The van der Waals surface area contributed by atoms with Crippen LogP contribution in [0.15, 0.2) is 15.7 Å². The predicted molar refractivity (Wildman–Crippen MR) is 68.8 cm³/mol. The van der Waals surface area contributed by atoms with E-state index in [0.29, 0.717) is 28.5 Å². The van der Waals surface area contributed by atoms with Crippen molar-refractivity contribution in [3.8, 4) is 0 Å². The first kappa shape index (κ1) is 12.6. The van der Waals surface area contributed by atoms with Crippen LogP contribution >= 0.6 is 11.8 Å². The fraction of sp³-hybridized carbons (Fsp3) is 0.400. The van der Waals surface area contributed by atoms with Crippen molar-refractivity contribution in [1.29, 1.82) is 0 Å². The van der Waals surface area contributed by atoms with E-state index in [-0.39, 0.29) is 5.25 Å². The molecule has 0 amide bonds. The van der Waals surface area contributed by atoms with Crippen LogP contribution in [0.5, 0.6) is 0 Å². The summed E-state index contributed by atoms with van der Waals surface area (Å²) in [5.74, 6) is 1.92. The van der Waals surface area contributed by atoms with Gasteiger partial charge in [0.15, 0.2) is 11.0 Å². The Morgan fingerprint density at radius 3 is 2.50 bits per heavy atom. The molecule has 18 heavy (non-hydrogen) atoms. The fourth-order valence-corrected chi connectivity index (χ4v) is 2.13. The Bertz CT molecular complexity index is 523. The molecule has 0 aliphatic rings. The van der Waals surface area contributed by atoms with E-state index < -0.39 is 0 Å². The zero-order chi connectivity index (χ0) is 13.1. The van der Waals surface area contributed by atoms with Gasteiger partial charge in [0.05, 0.1) is 5.25 Å². The summed E-state index contributed by atoms with van der Waals surface area (Å²) >= 11 is 1.37. The molecule has 0 unspecified atom stereocenters. The van der Waals surface area contributed by atoms with Crippen LogP contribution in [0.3, 0.4) is 0 Å². The smallest absolute Gasteiger partial charge is 0.239 e. The van der Waals surface area contributed by atoms with Crippen LogP contribution in [-0.4, -0.2) is 20.1 Å². The topological polar surface area (TPSA) is 117 Å². The molecule has 0 aliphatic carbocycles. The van der Waals surface area contributed by atoms with E-state index in [2.05, 4.69) is 20.1 Å². The van der Waals surface area contributed by atoms with Crippen molar-refractivity contribution in [3.05, 3.63) is 17.8 Å². The van der Waals surface area contributed by atoms with Crippen LogP contribution in [-0.2, 0) is 6.42 Å². The lowest BCUT2D eigenvalue weighted by atomic mass is 10.4. The number of aryl methyl sites for hydroxylation is 1. The molecule has 1 atom stereocenters. The van der Waals surface area contributed by atoms with Crippen molar-refractivity contribution < 1.29 is 4.52 Å². The Morgan fingerprint density at radius 2 is 1.94 bits per heavy atom. The molecule has 2 heterocycles. The third kappa shape index (κ3) is 2.89. The first-order valence-corrected chi connectivity index (χ1v) is 6.35. The molecular formula is C10H14N6OS. The highest BCUT2D eigenvalue weighted by Crippen LogP contribution is 2.32. The van der Waals surface area contributed by atoms with Gasteiger partial charge in [-0.15, -0.1) is 0 Å². The SMILES string of the molecule is CCc1noc([C@H](C)Sc2nc(N)cc(N)n2)n1. The molecule has 0 aliphatic heterocycles. The summed E-state index contributed by atoms with van der Waals surface area (Å²) < 4.78 is 5.15. The molecule has 0 radical (unpaired) electrons. The van der Waals surface area contributed by atoms with Gasteiger partial charge in [0.25, 0.3) is 0 Å². The number of anilines is 2. The number of nitrogens with two attached hydrogens (primary N) is 2. The number of nitrogens with zero attached hydrogens (tertiary/aromatic N) is 4. The summed E-state index contributed by atoms with van der Waals surface area (Å²) in [6.07, 6.45) is 0.739. The van der Waals surface area contributed by atoms with Crippen LogP contribution in [0.25, 0.3) is 0 Å². The molecule has 0 fully saturated rings. The van der Waals surface area contributed by atoms with Crippen LogP contribution in [0.1, 0.15) is 30.8 Å². The molecule has 8 heteroatoms. The summed E-state index contributed by atoms with van der Waals surface area (Å²) in [4.78, 5) is 12.4. The second-order valence-corrected chi connectivity index (χ2v) is 4.97. The zero-order valence-electron chi connectivity index (χ0n) is 10.1. The van der Waals surface area contributed by atoms with Gasteiger partial charge in [-0.1, -0.05) is 23.8 Å². The van der Waals surface area contributed by atoms with Gasteiger partial charge in [0, 0.05) is 12.5 Å². The van der Waals surface area contributed by atoms with Gasteiger partial charge in [-0.05, 0) is 6.92 Å². The van der Waals surface area contributed by atoms with Crippen LogP contribution in [0, 0.1) is 0 Å². The van der Waals surface area contributed by atoms with E-state index in [0.717, 1.165) is 6.42 Å². The summed E-state index contributed by atoms with van der Waals surface area (Å²) in [7, 11) is 0. The third-order valence-corrected chi connectivity index (χ3v) is 3.12. The summed E-state index contributed by atoms with van der Waals surface area (Å²) in [5.41, 5.74) is 11.2. The molecule has 0 saturated carbocycles. The number of hydrogen-bond donors (Lipinski definition) is 2. The molecule has 2 rings (SSSR count). The van der Waals surface area contributed by atoms with Gasteiger partial charge in [0.1, 0.15) is 11.6 Å². The van der Waals surface area contributed by atoms with Crippen LogP contribution in [0.2, 0.25) is 0 Å². The van der Waals surface area contributed by atoms with Crippen molar-refractivity contribution in [2.75, 3.05) is 11.5 Å². The Kier molecular flexibility index (Phi) is 3.66. The minimum atomic E-state index is -0.0565. The minimum Gasteiger partial charge on any atom is -0.383 e. The highest BCUT2D eigenvalue weighted by molar-refractivity contribution is 7.99. The van der Waals surface area contributed by atoms with Crippen molar-refractivity contribution in [2.24, 2.45) is 0 Å². The first-order chi connectivity index (χ1) is 8.58. The predicted octanol–water partition coefficient (Wildman–Crippen LogP) is 1.44. The first-order valence-electron chi connectivity index (χ1n) is 5.47. The number of thioether (sulfide) groups is 1. The molecule has 7 nitrogen and oxygen atoms in total. The van der Waals surface area contributed by atoms with Gasteiger partial charge in [-0.25, -0.2) is 9.97 Å². The number of rotatable bonds is 4. The lowest BCUT2D eigenvalue weighted by molar-refractivity contribution is 0.375. The molecule has 4 N–H and O–H groups in total. The van der Waals surface area contributed by atoms with Gasteiger partial charge in [-0.2, -0.15) is 4.98 Å². The van der Waals surface area contributed by atoms with Gasteiger partial charge in [0.2, 0.25) is 5.89 Å². The highest BCUT2D eigenvalue weighted by Gasteiger charge is 2.17. The zero-order valence-corrected chi connectivity index (χ0v) is 10.9. The normalized spacial score (nSPS) is 12.6. The maximum Gasteiger partial charge on any atom is 0.239 e. The van der Waals surface area contributed by atoms with E-state index in [4.69, 9.17) is 16.0 Å². The Morgan fingerprint density at radius 1 is 1.28 bits per heavy atom. The van der Waals surface area contributed by atoms with Gasteiger partial charge in [-0.3, -0.25) is 0 Å². The number of nitrogen functional groups attached to an aromatic ring is 2. The quantitative estimate of drug-likeness (QED) is 0.630. The fourth-order valence-electron chi connectivity index (χ4n) is 1.30. The molecular weight excluding hydrogens is 252 g/mol. The van der Waals surface area contributed by atoms with E-state index in [1.165, 1.54) is 17.8 Å². The van der Waals surface area contributed by atoms with E-state index in [1.54, 1.807) is 0 Å². The highest BCUT2D eigenvalue weighted by atomic mass is 32.2. The van der Waals surface area contributed by atoms with Crippen molar-refractivity contribution >= 4 is 23.4 Å². The second kappa shape index (κ2) is 5.21. The monoisotopic (exact) mass is 266 g/mol. The maximum atomic E-state index is 5.60. The number of hydrogen-bond acceptors (Lipinski definition) is 8. The molecule has 0 aromatic carbocycles. The Hall–Kier alpha value is -1.83. The summed E-state index contributed by atoms with van der Waals surface area (Å²) in [6.45, 7) is 3.90. The van der Waals surface area contributed by atoms with Crippen molar-refractivity contribution in [1.82, 2.24) is 20.1 Å². The lowest BCUT2D eigenvalue weighted by Gasteiger charge is -2.05. The molecule has 2 aromatic heterocycles. The van der Waals surface area contributed by atoms with E-state index in [1.807, 2.05) is 13.8 Å². The summed E-state index contributed by atoms with van der Waals surface area (Å²) in [5, 5.41) is 4.28. The maximum absolute atomic E-state index is 5.60. The standard InChI is InChI=1S/C10H14N6OS/c1-3-8-15-9(17-16-8)5(2)18-10-13-6(11)4-7(12)14-10/h4-5H,3H2,1-2H3,(H4,11,12,13,14)/t5-/m0/s1. The molecule has 96 valence electrons. The Balaban J connectivity index is 2.12. The lowest BCUT2D eigenvalue weighted by Crippen LogP contribution is -2.00. The van der Waals surface area contributed by atoms with Crippen LogP contribution in [0.4, 0.5) is 11.6 Å². The van der Waals surface area contributed by atoms with Crippen molar-refractivity contribution in [3.63, 3.8) is 0 Å². The van der Waals surface area contributed by atoms with Gasteiger partial charge >= 0.3 is 0 Å². The Labute approximate surface area is 108 Å². The molecule has 0 bridgehead atoms. The van der Waals surface area contributed by atoms with Crippen LogP contribution < -0.4 is 11.5 Å².